The Morgan fingerprint density at radius 3 is 2.57 bits per heavy atom. The summed E-state index contributed by atoms with van der Waals surface area (Å²) in [6, 6.07) is 23.0. The smallest absolute Gasteiger partial charge is 0.339 e. The number of nitrogens with zero attached hydrogens (tertiary/aromatic N) is 1. The summed E-state index contributed by atoms with van der Waals surface area (Å²) in [7, 11) is 0. The Kier molecular flexibility index (Phi) is 7.02. The second-order valence-electron chi connectivity index (χ2n) is 6.10. The van der Waals surface area contributed by atoms with Crippen LogP contribution in [0.5, 0.6) is 5.75 Å². The number of benzene rings is 3. The predicted molar refractivity (Wildman–Crippen MR) is 121 cm³/mol. The maximum atomic E-state index is 11.9. The van der Waals surface area contributed by atoms with Gasteiger partial charge in [-0.15, -0.1) is 0 Å². The molecule has 5 nitrogen and oxygen atoms in total. The Balaban J connectivity index is 1.53. The summed E-state index contributed by atoms with van der Waals surface area (Å²) in [5.74, 6) is 0.812. The molecule has 0 radical (unpaired) electrons. The van der Waals surface area contributed by atoms with E-state index in [1.165, 1.54) is 0 Å². The molecule has 0 saturated carbocycles. The third-order valence-corrected chi connectivity index (χ3v) is 4.81. The lowest BCUT2D eigenvalue weighted by atomic mass is 10.2. The summed E-state index contributed by atoms with van der Waals surface area (Å²) in [6.45, 7) is 2.45. The zero-order valence-electron chi connectivity index (χ0n) is 15.4. The minimum Gasteiger partial charge on any atom is -0.488 e. The Hall–Kier alpha value is -2.87. The van der Waals surface area contributed by atoms with Gasteiger partial charge in [0.05, 0.1) is 9.78 Å². The topological polar surface area (TPSA) is 62.7 Å². The molecular weight excluding hydrogens is 465 g/mol. The SMILES string of the molecule is Cc1ccccc1NC(=O)NN=Cc1ccc(OCc2ccccc2)c(I)c1. The van der Waals surface area contributed by atoms with Gasteiger partial charge in [-0.2, -0.15) is 5.10 Å². The summed E-state index contributed by atoms with van der Waals surface area (Å²) in [6.07, 6.45) is 1.60. The highest BCUT2D eigenvalue weighted by atomic mass is 127. The van der Waals surface area contributed by atoms with Gasteiger partial charge in [0, 0.05) is 5.69 Å². The van der Waals surface area contributed by atoms with Gasteiger partial charge in [0.2, 0.25) is 0 Å². The van der Waals surface area contributed by atoms with Gasteiger partial charge in [-0.1, -0.05) is 48.5 Å². The fourth-order valence-corrected chi connectivity index (χ4v) is 3.17. The van der Waals surface area contributed by atoms with E-state index >= 15 is 0 Å². The number of rotatable bonds is 6. The van der Waals surface area contributed by atoms with E-state index in [9.17, 15) is 4.79 Å². The quantitative estimate of drug-likeness (QED) is 0.282. The number of hydrazone groups is 1. The molecule has 0 bridgehead atoms. The molecule has 0 unspecified atom stereocenters. The van der Waals surface area contributed by atoms with Crippen LogP contribution in [0, 0.1) is 10.5 Å². The molecule has 0 spiro atoms. The lowest BCUT2D eigenvalue weighted by Crippen LogP contribution is -2.24. The first kappa shape index (κ1) is 19.9. The molecule has 3 aromatic rings. The molecule has 0 atom stereocenters. The van der Waals surface area contributed by atoms with Crippen LogP contribution < -0.4 is 15.5 Å². The van der Waals surface area contributed by atoms with Crippen LogP contribution in [0.3, 0.4) is 0 Å². The largest absolute Gasteiger partial charge is 0.488 e. The number of carbonyl (C=O) groups is 1. The molecule has 28 heavy (non-hydrogen) atoms. The van der Waals surface area contributed by atoms with Crippen molar-refractivity contribution in [3.63, 3.8) is 0 Å². The van der Waals surface area contributed by atoms with Crippen molar-refractivity contribution in [1.82, 2.24) is 5.43 Å². The molecule has 0 aromatic heterocycles. The lowest BCUT2D eigenvalue weighted by molar-refractivity contribution is 0.252. The van der Waals surface area contributed by atoms with Crippen LogP contribution in [0.2, 0.25) is 0 Å². The van der Waals surface area contributed by atoms with Crippen LogP contribution in [-0.2, 0) is 6.61 Å². The van der Waals surface area contributed by atoms with E-state index in [-0.39, 0.29) is 6.03 Å². The number of amides is 2. The van der Waals surface area contributed by atoms with Crippen LogP contribution in [0.4, 0.5) is 10.5 Å². The minimum atomic E-state index is -0.386. The molecule has 0 heterocycles. The van der Waals surface area contributed by atoms with Crippen molar-refractivity contribution in [2.45, 2.75) is 13.5 Å². The van der Waals surface area contributed by atoms with Gasteiger partial charge in [-0.3, -0.25) is 0 Å². The first-order valence-electron chi connectivity index (χ1n) is 8.74. The van der Waals surface area contributed by atoms with Gasteiger partial charge in [0.15, 0.2) is 0 Å². The summed E-state index contributed by atoms with van der Waals surface area (Å²) >= 11 is 2.23. The number of halogens is 1. The van der Waals surface area contributed by atoms with E-state index < -0.39 is 0 Å². The van der Waals surface area contributed by atoms with Crippen LogP contribution in [-0.4, -0.2) is 12.2 Å². The predicted octanol–water partition coefficient (Wildman–Crippen LogP) is 5.33. The molecule has 0 aliphatic carbocycles. The molecule has 6 heteroatoms. The monoisotopic (exact) mass is 485 g/mol. The maximum Gasteiger partial charge on any atom is 0.339 e. The number of hydrogen-bond acceptors (Lipinski definition) is 3. The molecule has 2 amide bonds. The molecule has 0 saturated heterocycles. The highest BCUT2D eigenvalue weighted by molar-refractivity contribution is 14.1. The van der Waals surface area contributed by atoms with Gasteiger partial charge in [0.25, 0.3) is 0 Å². The van der Waals surface area contributed by atoms with Gasteiger partial charge in [-0.25, -0.2) is 10.2 Å². The van der Waals surface area contributed by atoms with Crippen molar-refractivity contribution in [1.29, 1.82) is 0 Å². The Labute approximate surface area is 178 Å². The van der Waals surface area contributed by atoms with E-state index in [1.807, 2.05) is 79.7 Å². The Morgan fingerprint density at radius 2 is 1.82 bits per heavy atom. The zero-order valence-corrected chi connectivity index (χ0v) is 17.5. The molecule has 142 valence electrons. The molecule has 3 rings (SSSR count). The van der Waals surface area contributed by atoms with Gasteiger partial charge in [0.1, 0.15) is 12.4 Å². The fourth-order valence-electron chi connectivity index (χ4n) is 2.48. The van der Waals surface area contributed by atoms with Crippen molar-refractivity contribution >= 4 is 40.5 Å². The number of aryl methyl sites for hydroxylation is 1. The Bertz CT molecular complexity index is 975. The number of anilines is 1. The van der Waals surface area contributed by atoms with Gasteiger partial charge in [-0.05, 0) is 70.5 Å². The Morgan fingerprint density at radius 1 is 1.07 bits per heavy atom. The van der Waals surface area contributed by atoms with Crippen LogP contribution in [0.25, 0.3) is 0 Å². The number of hydrogen-bond donors (Lipinski definition) is 2. The van der Waals surface area contributed by atoms with Crippen molar-refractivity contribution in [2.24, 2.45) is 5.10 Å². The third-order valence-electron chi connectivity index (χ3n) is 3.97. The normalized spacial score (nSPS) is 10.6. The molecule has 0 aliphatic rings. The summed E-state index contributed by atoms with van der Waals surface area (Å²) in [5.41, 5.74) is 6.20. The lowest BCUT2D eigenvalue weighted by Gasteiger charge is -2.09. The average Bonchev–Trinajstić information content (AvgIpc) is 2.70. The highest BCUT2D eigenvalue weighted by Gasteiger charge is 2.04. The van der Waals surface area contributed by atoms with Crippen LogP contribution in [0.1, 0.15) is 16.7 Å². The fraction of sp³-hybridized carbons (Fsp3) is 0.0909. The second-order valence-corrected chi connectivity index (χ2v) is 7.27. The summed E-state index contributed by atoms with van der Waals surface area (Å²) in [4.78, 5) is 11.9. The zero-order chi connectivity index (χ0) is 19.8. The highest BCUT2D eigenvalue weighted by Crippen LogP contribution is 2.22. The number of para-hydroxylation sites is 1. The van der Waals surface area contributed by atoms with Gasteiger partial charge < -0.3 is 10.1 Å². The summed E-state index contributed by atoms with van der Waals surface area (Å²) in [5, 5.41) is 6.76. The summed E-state index contributed by atoms with van der Waals surface area (Å²) < 4.78 is 6.84. The number of carbonyl (C=O) groups excluding carboxylic acids is 1. The van der Waals surface area contributed by atoms with E-state index in [0.717, 1.165) is 31.7 Å². The van der Waals surface area contributed by atoms with E-state index in [1.54, 1.807) is 6.21 Å². The molecular formula is C22H20IN3O2. The van der Waals surface area contributed by atoms with Gasteiger partial charge >= 0.3 is 6.03 Å². The minimum absolute atomic E-state index is 0.386. The number of nitrogens with one attached hydrogen (secondary N) is 2. The van der Waals surface area contributed by atoms with Crippen LogP contribution >= 0.6 is 22.6 Å². The van der Waals surface area contributed by atoms with Crippen molar-refractivity contribution in [3.05, 3.63) is 93.1 Å². The van der Waals surface area contributed by atoms with E-state index in [0.29, 0.717) is 6.61 Å². The van der Waals surface area contributed by atoms with Crippen molar-refractivity contribution < 1.29 is 9.53 Å². The second kappa shape index (κ2) is 9.89. The third kappa shape index (κ3) is 5.82. The molecule has 2 N–H and O–H groups in total. The average molecular weight is 485 g/mol. The van der Waals surface area contributed by atoms with E-state index in [2.05, 4.69) is 38.4 Å². The maximum absolute atomic E-state index is 11.9. The first-order chi connectivity index (χ1) is 13.6. The van der Waals surface area contributed by atoms with Crippen molar-refractivity contribution in [3.8, 4) is 5.75 Å². The van der Waals surface area contributed by atoms with Crippen LogP contribution in [0.15, 0.2) is 77.9 Å². The van der Waals surface area contributed by atoms with Crippen molar-refractivity contribution in [2.75, 3.05) is 5.32 Å². The first-order valence-corrected chi connectivity index (χ1v) is 9.81. The van der Waals surface area contributed by atoms with E-state index in [4.69, 9.17) is 4.74 Å². The number of ether oxygens (including phenoxy) is 1. The molecule has 0 aliphatic heterocycles. The molecule has 3 aromatic carbocycles. The number of urea groups is 1. The standard InChI is InChI=1S/C22H20IN3O2/c1-16-7-5-6-10-20(16)25-22(27)26-24-14-18-11-12-21(19(23)13-18)28-15-17-8-3-2-4-9-17/h2-14H,15H2,1H3,(H2,25,26,27). The molecule has 0 fully saturated rings.